The molecule has 0 saturated heterocycles. The monoisotopic (exact) mass is 330 g/mol. The Hall–Kier alpha value is -1.44. The number of nitrogens with one attached hydrogen (secondary N) is 1. The Morgan fingerprint density at radius 3 is 2.74 bits per heavy atom. The highest BCUT2D eigenvalue weighted by Gasteiger charge is 2.14. The van der Waals surface area contributed by atoms with Gasteiger partial charge in [0.2, 0.25) is 5.91 Å². The molecule has 19 heavy (non-hydrogen) atoms. The second-order valence-corrected chi connectivity index (χ2v) is 4.70. The second-order valence-electron chi connectivity index (χ2n) is 3.85. The van der Waals surface area contributed by atoms with E-state index in [1.54, 1.807) is 6.07 Å². The molecule has 0 aliphatic heterocycles. The van der Waals surface area contributed by atoms with Crippen molar-refractivity contribution in [2.45, 2.75) is 12.5 Å². The zero-order chi connectivity index (χ0) is 14.4. The molecule has 0 radical (unpaired) electrons. The number of benzene rings is 1. The van der Waals surface area contributed by atoms with Gasteiger partial charge >= 0.3 is 5.97 Å². The molecule has 0 heterocycles. The summed E-state index contributed by atoms with van der Waals surface area (Å²) in [6, 6.07) is 4.39. The van der Waals surface area contributed by atoms with Gasteiger partial charge in [-0.15, -0.1) is 0 Å². The third-order valence-corrected chi connectivity index (χ3v) is 3.19. The Labute approximate surface area is 119 Å². The highest BCUT2D eigenvalue weighted by molar-refractivity contribution is 9.10. The number of carboxylic acids is 1. The van der Waals surface area contributed by atoms with Gasteiger partial charge in [0.25, 0.3) is 0 Å². The third-order valence-electron chi connectivity index (χ3n) is 2.50. The van der Waals surface area contributed by atoms with Crippen LogP contribution in [0.3, 0.4) is 0 Å². The van der Waals surface area contributed by atoms with Gasteiger partial charge in [-0.1, -0.05) is 0 Å². The van der Waals surface area contributed by atoms with Crippen molar-refractivity contribution in [3.8, 4) is 0 Å². The Kier molecular flexibility index (Phi) is 5.94. The molecule has 0 aromatic heterocycles. The maximum Gasteiger partial charge on any atom is 0.335 e. The number of carboxylic acid groups (broad SMARTS) is 1. The second kappa shape index (κ2) is 7.22. The van der Waals surface area contributed by atoms with E-state index in [2.05, 4.69) is 21.2 Å². The summed E-state index contributed by atoms with van der Waals surface area (Å²) in [6.45, 7) is 0.236. The van der Waals surface area contributed by atoms with Crippen LogP contribution in [0.5, 0.6) is 0 Å². The number of carbonyl (C=O) groups is 2. The quantitative estimate of drug-likeness (QED) is 0.732. The number of aromatic carboxylic acids is 1. The molecule has 1 unspecified atom stereocenters. The fraction of sp³-hybridized carbons (Fsp3) is 0.333. The largest absolute Gasteiger partial charge is 0.478 e. The first-order chi connectivity index (χ1) is 8.97. The van der Waals surface area contributed by atoms with Gasteiger partial charge in [-0.25, -0.2) is 4.79 Å². The lowest BCUT2D eigenvalue weighted by Gasteiger charge is -2.13. The van der Waals surface area contributed by atoms with Crippen molar-refractivity contribution in [3.63, 3.8) is 0 Å². The Balaban J connectivity index is 2.78. The maximum atomic E-state index is 11.8. The standard InChI is InChI=1S/C12H15BrN2O4/c1-19-8(6-14)5-11(16)15-10-4-7(12(17)18)2-3-9(10)13/h2-4,8H,5-6,14H2,1H3,(H,15,16)(H,17,18). The van der Waals surface area contributed by atoms with E-state index < -0.39 is 5.97 Å². The molecule has 1 atom stereocenters. The summed E-state index contributed by atoms with van der Waals surface area (Å²) in [7, 11) is 1.48. The molecule has 1 aromatic carbocycles. The molecule has 0 spiro atoms. The molecule has 1 amide bonds. The topological polar surface area (TPSA) is 102 Å². The zero-order valence-corrected chi connectivity index (χ0v) is 11.9. The lowest BCUT2D eigenvalue weighted by Crippen LogP contribution is -2.28. The Bertz CT molecular complexity index is 475. The summed E-state index contributed by atoms with van der Waals surface area (Å²) in [5, 5.41) is 11.5. The van der Waals surface area contributed by atoms with Crippen molar-refractivity contribution in [1.82, 2.24) is 0 Å². The summed E-state index contributed by atoms with van der Waals surface area (Å²) in [6.07, 6.45) is -0.252. The van der Waals surface area contributed by atoms with Crippen LogP contribution in [0, 0.1) is 0 Å². The van der Waals surface area contributed by atoms with Crippen LogP contribution in [-0.2, 0) is 9.53 Å². The first-order valence-corrected chi connectivity index (χ1v) is 6.32. The summed E-state index contributed by atoms with van der Waals surface area (Å²) >= 11 is 3.24. The highest BCUT2D eigenvalue weighted by Crippen LogP contribution is 2.24. The molecule has 4 N–H and O–H groups in total. The average molecular weight is 331 g/mol. The molecule has 0 bridgehead atoms. The van der Waals surface area contributed by atoms with E-state index in [1.165, 1.54) is 19.2 Å². The number of rotatable bonds is 6. The van der Waals surface area contributed by atoms with Gasteiger partial charge in [0.1, 0.15) is 0 Å². The average Bonchev–Trinajstić information content (AvgIpc) is 2.38. The van der Waals surface area contributed by atoms with Gasteiger partial charge in [-0.05, 0) is 34.1 Å². The number of hydrogen-bond acceptors (Lipinski definition) is 4. The molecule has 0 fully saturated rings. The van der Waals surface area contributed by atoms with Crippen molar-refractivity contribution >= 4 is 33.5 Å². The minimum atomic E-state index is -1.06. The molecular formula is C12H15BrN2O4. The minimum Gasteiger partial charge on any atom is -0.478 e. The summed E-state index contributed by atoms with van der Waals surface area (Å²) in [4.78, 5) is 22.6. The van der Waals surface area contributed by atoms with E-state index in [-0.39, 0.29) is 30.5 Å². The third kappa shape index (κ3) is 4.62. The minimum absolute atomic E-state index is 0.0978. The molecule has 104 valence electrons. The van der Waals surface area contributed by atoms with Crippen LogP contribution in [0.25, 0.3) is 0 Å². The normalized spacial score (nSPS) is 11.9. The summed E-state index contributed by atoms with van der Waals surface area (Å²) < 4.78 is 5.61. The number of anilines is 1. The highest BCUT2D eigenvalue weighted by atomic mass is 79.9. The van der Waals surface area contributed by atoms with Gasteiger partial charge in [0, 0.05) is 18.1 Å². The SMILES string of the molecule is COC(CN)CC(=O)Nc1cc(C(=O)O)ccc1Br. The molecule has 1 aromatic rings. The Morgan fingerprint density at radius 2 is 2.21 bits per heavy atom. The number of methoxy groups -OCH3 is 1. The van der Waals surface area contributed by atoms with E-state index in [9.17, 15) is 9.59 Å². The van der Waals surface area contributed by atoms with Gasteiger partial charge in [-0.3, -0.25) is 4.79 Å². The van der Waals surface area contributed by atoms with E-state index in [0.29, 0.717) is 10.2 Å². The summed E-state index contributed by atoms with van der Waals surface area (Å²) in [5.41, 5.74) is 5.92. The van der Waals surface area contributed by atoms with Crippen molar-refractivity contribution < 1.29 is 19.4 Å². The Morgan fingerprint density at radius 1 is 1.53 bits per heavy atom. The van der Waals surface area contributed by atoms with Crippen molar-refractivity contribution in [2.75, 3.05) is 19.0 Å². The molecular weight excluding hydrogens is 316 g/mol. The number of halogens is 1. The van der Waals surface area contributed by atoms with E-state index >= 15 is 0 Å². The van der Waals surface area contributed by atoms with E-state index in [1.807, 2.05) is 0 Å². The van der Waals surface area contributed by atoms with Crippen LogP contribution < -0.4 is 11.1 Å². The van der Waals surface area contributed by atoms with Gasteiger partial charge in [-0.2, -0.15) is 0 Å². The van der Waals surface area contributed by atoms with Crippen molar-refractivity contribution in [1.29, 1.82) is 0 Å². The van der Waals surface area contributed by atoms with Crippen LogP contribution in [0.1, 0.15) is 16.8 Å². The molecule has 0 aliphatic carbocycles. The van der Waals surface area contributed by atoms with Crippen LogP contribution in [-0.4, -0.2) is 36.7 Å². The lowest BCUT2D eigenvalue weighted by atomic mass is 10.2. The molecule has 1 rings (SSSR count). The first-order valence-electron chi connectivity index (χ1n) is 5.53. The van der Waals surface area contributed by atoms with Crippen LogP contribution in [0.2, 0.25) is 0 Å². The number of nitrogens with two attached hydrogens (primary N) is 1. The van der Waals surface area contributed by atoms with Crippen molar-refractivity contribution in [3.05, 3.63) is 28.2 Å². The van der Waals surface area contributed by atoms with Crippen LogP contribution in [0.15, 0.2) is 22.7 Å². The number of ether oxygens (including phenoxy) is 1. The zero-order valence-electron chi connectivity index (χ0n) is 10.4. The van der Waals surface area contributed by atoms with Crippen LogP contribution in [0.4, 0.5) is 5.69 Å². The molecule has 7 heteroatoms. The number of carbonyl (C=O) groups excluding carboxylic acids is 1. The van der Waals surface area contributed by atoms with Crippen LogP contribution >= 0.6 is 15.9 Å². The predicted octanol–water partition coefficient (Wildman–Crippen LogP) is 1.45. The lowest BCUT2D eigenvalue weighted by molar-refractivity contribution is -0.118. The van der Waals surface area contributed by atoms with Gasteiger partial charge < -0.3 is 20.9 Å². The fourth-order valence-corrected chi connectivity index (χ4v) is 1.77. The molecule has 0 saturated carbocycles. The predicted molar refractivity (Wildman–Crippen MR) is 74.2 cm³/mol. The van der Waals surface area contributed by atoms with Gasteiger partial charge in [0.05, 0.1) is 23.8 Å². The molecule has 6 nitrogen and oxygen atoms in total. The van der Waals surface area contributed by atoms with Gasteiger partial charge in [0.15, 0.2) is 0 Å². The summed E-state index contributed by atoms with van der Waals surface area (Å²) in [5.74, 6) is -1.35. The van der Waals surface area contributed by atoms with E-state index in [4.69, 9.17) is 15.6 Å². The number of hydrogen-bond donors (Lipinski definition) is 3. The smallest absolute Gasteiger partial charge is 0.335 e. The fourth-order valence-electron chi connectivity index (χ4n) is 1.43. The number of amides is 1. The first kappa shape index (κ1) is 15.6. The molecule has 0 aliphatic rings. The van der Waals surface area contributed by atoms with Crippen molar-refractivity contribution in [2.24, 2.45) is 5.73 Å². The maximum absolute atomic E-state index is 11.8. The van der Waals surface area contributed by atoms with E-state index in [0.717, 1.165) is 0 Å².